The standard InChI is InChI=1S/C25H27F2N9O4/c26-16-10-17(27)20(40-13-15(38)12-37)11-18(16)34-6-3-33(4-7-34)5-8-35-14-29-21-23(35)31-25(28)36-24(21)30-22(32-36)19-2-1-9-39-19/h1-2,9-11,14-15,37-38H,3-8,12-13H2,(H2,28,31). The number of anilines is 2. The van der Waals surface area contributed by atoms with Crippen LogP contribution in [0.3, 0.4) is 0 Å². The normalized spacial score (nSPS) is 15.3. The van der Waals surface area contributed by atoms with Crippen molar-refractivity contribution in [3.63, 3.8) is 0 Å². The maximum atomic E-state index is 14.6. The highest BCUT2D eigenvalue weighted by atomic mass is 19.1. The minimum atomic E-state index is -1.16. The summed E-state index contributed by atoms with van der Waals surface area (Å²) in [6.07, 6.45) is 2.08. The second-order valence-corrected chi connectivity index (χ2v) is 9.44. The molecule has 1 aliphatic heterocycles. The van der Waals surface area contributed by atoms with Gasteiger partial charge in [-0.05, 0) is 12.1 Å². The molecule has 1 unspecified atom stereocenters. The van der Waals surface area contributed by atoms with E-state index in [2.05, 4.69) is 25.0 Å². The molecule has 6 rings (SSSR count). The molecule has 0 radical (unpaired) electrons. The molecule has 40 heavy (non-hydrogen) atoms. The van der Waals surface area contributed by atoms with Gasteiger partial charge in [0.1, 0.15) is 18.5 Å². The van der Waals surface area contributed by atoms with Crippen molar-refractivity contribution in [3.05, 3.63) is 48.5 Å². The van der Waals surface area contributed by atoms with Gasteiger partial charge in [0.15, 0.2) is 34.1 Å². The largest absolute Gasteiger partial charge is 0.488 e. The number of hydrogen-bond acceptors (Lipinski definition) is 11. The monoisotopic (exact) mass is 555 g/mol. The maximum absolute atomic E-state index is 14.6. The Balaban J connectivity index is 1.11. The summed E-state index contributed by atoms with van der Waals surface area (Å²) in [6, 6.07) is 5.58. The van der Waals surface area contributed by atoms with Crippen LogP contribution in [0.5, 0.6) is 5.75 Å². The first-order chi connectivity index (χ1) is 19.4. The molecular weight excluding hydrogens is 528 g/mol. The van der Waals surface area contributed by atoms with Gasteiger partial charge in [0.05, 0.1) is 24.9 Å². The molecule has 1 fully saturated rings. The van der Waals surface area contributed by atoms with E-state index in [0.29, 0.717) is 67.7 Å². The van der Waals surface area contributed by atoms with Crippen LogP contribution in [0.25, 0.3) is 28.4 Å². The number of piperazine rings is 1. The van der Waals surface area contributed by atoms with Crippen LogP contribution in [0.2, 0.25) is 0 Å². The average Bonchev–Trinajstić information content (AvgIpc) is 3.72. The molecule has 0 amide bonds. The Morgan fingerprint density at radius 1 is 1.07 bits per heavy atom. The lowest BCUT2D eigenvalue weighted by molar-refractivity contribution is 0.0523. The van der Waals surface area contributed by atoms with Crippen molar-refractivity contribution in [1.29, 1.82) is 0 Å². The van der Waals surface area contributed by atoms with Crippen LogP contribution >= 0.6 is 0 Å². The number of aromatic nitrogens is 6. The number of benzene rings is 1. The van der Waals surface area contributed by atoms with Gasteiger partial charge in [-0.15, -0.1) is 5.10 Å². The van der Waals surface area contributed by atoms with Crippen LogP contribution in [0.4, 0.5) is 20.4 Å². The molecule has 0 spiro atoms. The lowest BCUT2D eigenvalue weighted by atomic mass is 10.2. The maximum Gasteiger partial charge on any atom is 0.225 e. The van der Waals surface area contributed by atoms with Gasteiger partial charge in [-0.25, -0.2) is 18.7 Å². The summed E-state index contributed by atoms with van der Waals surface area (Å²) >= 11 is 0. The predicted molar refractivity (Wildman–Crippen MR) is 140 cm³/mol. The average molecular weight is 556 g/mol. The van der Waals surface area contributed by atoms with Gasteiger partial charge in [0.25, 0.3) is 0 Å². The minimum Gasteiger partial charge on any atom is -0.488 e. The smallest absolute Gasteiger partial charge is 0.225 e. The van der Waals surface area contributed by atoms with E-state index < -0.39 is 24.3 Å². The van der Waals surface area contributed by atoms with Crippen molar-refractivity contribution in [1.82, 2.24) is 34.0 Å². The number of aliphatic hydroxyl groups is 2. The summed E-state index contributed by atoms with van der Waals surface area (Å²) < 4.78 is 42.7. The zero-order chi connectivity index (χ0) is 27.8. The minimum absolute atomic E-state index is 0.178. The van der Waals surface area contributed by atoms with Gasteiger partial charge < -0.3 is 34.6 Å². The first-order valence-electron chi connectivity index (χ1n) is 12.7. The van der Waals surface area contributed by atoms with Gasteiger partial charge in [-0.2, -0.15) is 9.50 Å². The second-order valence-electron chi connectivity index (χ2n) is 9.44. The third-order valence-corrected chi connectivity index (χ3v) is 6.82. The van der Waals surface area contributed by atoms with Crippen molar-refractivity contribution in [2.45, 2.75) is 12.6 Å². The van der Waals surface area contributed by atoms with Crippen LogP contribution in [-0.2, 0) is 6.54 Å². The number of furan rings is 1. The fourth-order valence-electron chi connectivity index (χ4n) is 4.68. The fraction of sp³-hybridized carbons (Fsp3) is 0.360. The molecule has 1 aliphatic rings. The Hall–Kier alpha value is -4.34. The number of ether oxygens (including phenoxy) is 1. The van der Waals surface area contributed by atoms with Gasteiger partial charge in [-0.1, -0.05) is 0 Å². The highest BCUT2D eigenvalue weighted by molar-refractivity contribution is 5.87. The van der Waals surface area contributed by atoms with E-state index in [4.69, 9.17) is 20.0 Å². The van der Waals surface area contributed by atoms with Gasteiger partial charge >= 0.3 is 0 Å². The summed E-state index contributed by atoms with van der Waals surface area (Å²) in [5, 5.41) is 22.8. The van der Waals surface area contributed by atoms with Gasteiger partial charge in [0, 0.05) is 51.4 Å². The Bertz CT molecular complexity index is 1630. The van der Waals surface area contributed by atoms with Crippen LogP contribution in [0.15, 0.2) is 41.3 Å². The number of hydrogen-bond donors (Lipinski definition) is 3. The molecule has 4 aromatic heterocycles. The first-order valence-corrected chi connectivity index (χ1v) is 12.7. The molecule has 15 heteroatoms. The number of halogens is 2. The molecule has 1 atom stereocenters. The van der Waals surface area contributed by atoms with E-state index in [1.807, 2.05) is 9.47 Å². The van der Waals surface area contributed by atoms with E-state index in [9.17, 15) is 13.9 Å². The summed E-state index contributed by atoms with van der Waals surface area (Å²) in [6.45, 7) is 2.81. The molecule has 0 saturated carbocycles. The number of aliphatic hydroxyl groups excluding tert-OH is 2. The van der Waals surface area contributed by atoms with Crippen molar-refractivity contribution >= 4 is 28.4 Å². The van der Waals surface area contributed by atoms with Crippen LogP contribution in [0, 0.1) is 11.6 Å². The van der Waals surface area contributed by atoms with E-state index in [1.165, 1.54) is 10.6 Å². The molecule has 0 aliphatic carbocycles. The van der Waals surface area contributed by atoms with Crippen molar-refractivity contribution in [3.8, 4) is 17.3 Å². The van der Waals surface area contributed by atoms with Crippen LogP contribution in [0.1, 0.15) is 0 Å². The fourth-order valence-corrected chi connectivity index (χ4v) is 4.68. The zero-order valence-corrected chi connectivity index (χ0v) is 21.3. The molecule has 1 aromatic carbocycles. The van der Waals surface area contributed by atoms with E-state index in [-0.39, 0.29) is 24.0 Å². The molecular formula is C25H27F2N9O4. The number of fused-ring (bicyclic) bond motifs is 3. The number of nitrogens with two attached hydrogens (primary N) is 1. The molecule has 5 aromatic rings. The lowest BCUT2D eigenvalue weighted by Crippen LogP contribution is -2.47. The van der Waals surface area contributed by atoms with Crippen molar-refractivity contribution < 1.29 is 28.1 Å². The van der Waals surface area contributed by atoms with E-state index >= 15 is 0 Å². The number of rotatable bonds is 9. The summed E-state index contributed by atoms with van der Waals surface area (Å²) in [5.41, 5.74) is 8.04. The Morgan fingerprint density at radius 3 is 2.65 bits per heavy atom. The molecule has 1 saturated heterocycles. The molecule has 210 valence electrons. The quantitative estimate of drug-likeness (QED) is 0.240. The van der Waals surface area contributed by atoms with Crippen molar-refractivity contribution in [2.75, 3.05) is 56.6 Å². The molecule has 13 nitrogen and oxygen atoms in total. The van der Waals surface area contributed by atoms with Crippen LogP contribution < -0.4 is 15.4 Å². The Morgan fingerprint density at radius 2 is 1.90 bits per heavy atom. The van der Waals surface area contributed by atoms with E-state index in [1.54, 1.807) is 24.7 Å². The van der Waals surface area contributed by atoms with E-state index in [0.717, 1.165) is 6.07 Å². The highest BCUT2D eigenvalue weighted by Gasteiger charge is 2.23. The summed E-state index contributed by atoms with van der Waals surface area (Å²) in [5.74, 6) is -0.657. The second kappa shape index (κ2) is 10.7. The first kappa shape index (κ1) is 25.9. The topological polar surface area (TPSA) is 156 Å². The van der Waals surface area contributed by atoms with Crippen molar-refractivity contribution in [2.24, 2.45) is 0 Å². The molecule has 0 bridgehead atoms. The third-order valence-electron chi connectivity index (χ3n) is 6.82. The SMILES string of the molecule is Nc1nc2c(ncn2CCN2CCN(c3cc(OCC(O)CO)c(F)cc3F)CC2)c2nc(-c3ccco3)nn12. The number of nitrogens with zero attached hydrogens (tertiary/aromatic N) is 8. The summed E-state index contributed by atoms with van der Waals surface area (Å²) in [4.78, 5) is 17.6. The zero-order valence-electron chi connectivity index (χ0n) is 21.3. The Kier molecular flexibility index (Phi) is 6.91. The molecule has 4 N–H and O–H groups in total. The number of imidazole rings is 1. The Labute approximate surface area is 226 Å². The number of nitrogen functional groups attached to an aromatic ring is 1. The summed E-state index contributed by atoms with van der Waals surface area (Å²) in [7, 11) is 0. The highest BCUT2D eigenvalue weighted by Crippen LogP contribution is 2.29. The lowest BCUT2D eigenvalue weighted by Gasteiger charge is -2.36. The molecule has 5 heterocycles. The third kappa shape index (κ3) is 4.89. The predicted octanol–water partition coefficient (Wildman–Crippen LogP) is 1.15. The van der Waals surface area contributed by atoms with Crippen LogP contribution in [-0.4, -0.2) is 96.3 Å². The van der Waals surface area contributed by atoms with Gasteiger partial charge in [0.2, 0.25) is 11.8 Å². The van der Waals surface area contributed by atoms with Gasteiger partial charge in [-0.3, -0.25) is 4.90 Å².